The average Bonchev–Trinajstić information content (AvgIpc) is 2.69. The third-order valence-electron chi connectivity index (χ3n) is 3.63. The molecular formula is C21H23ClN2O5. The predicted molar refractivity (Wildman–Crippen MR) is 110 cm³/mol. The Morgan fingerprint density at radius 3 is 2.52 bits per heavy atom. The number of halogens is 1. The monoisotopic (exact) mass is 418 g/mol. The molecule has 0 unspecified atom stereocenters. The molecule has 0 aromatic heterocycles. The van der Waals surface area contributed by atoms with Gasteiger partial charge in [0.2, 0.25) is 0 Å². The van der Waals surface area contributed by atoms with Gasteiger partial charge in [0.1, 0.15) is 5.75 Å². The van der Waals surface area contributed by atoms with Crippen LogP contribution >= 0.6 is 11.6 Å². The zero-order valence-corrected chi connectivity index (χ0v) is 17.0. The summed E-state index contributed by atoms with van der Waals surface area (Å²) in [5, 5.41) is 5.86. The molecular weight excluding hydrogens is 396 g/mol. The number of carbonyl (C=O) groups excluding carboxylic acids is 3. The molecule has 154 valence electrons. The summed E-state index contributed by atoms with van der Waals surface area (Å²) < 4.78 is 10.2. The lowest BCUT2D eigenvalue weighted by Crippen LogP contribution is -2.29. The Labute approximate surface area is 174 Å². The number of esters is 1. The Morgan fingerprint density at radius 2 is 1.79 bits per heavy atom. The molecule has 0 aliphatic rings. The van der Waals surface area contributed by atoms with E-state index in [-0.39, 0.29) is 12.5 Å². The number of carbonyl (C=O) groups is 3. The Morgan fingerprint density at radius 1 is 1.03 bits per heavy atom. The highest BCUT2D eigenvalue weighted by atomic mass is 35.5. The summed E-state index contributed by atoms with van der Waals surface area (Å²) in [7, 11) is 0. The fourth-order valence-corrected chi connectivity index (χ4v) is 2.44. The van der Waals surface area contributed by atoms with E-state index in [4.69, 9.17) is 21.1 Å². The van der Waals surface area contributed by atoms with E-state index in [0.717, 1.165) is 0 Å². The second-order valence-corrected chi connectivity index (χ2v) is 7.04. The molecule has 8 heteroatoms. The van der Waals surface area contributed by atoms with E-state index in [1.54, 1.807) is 48.5 Å². The topological polar surface area (TPSA) is 93.7 Å². The molecule has 0 fully saturated rings. The van der Waals surface area contributed by atoms with Crippen LogP contribution in [0.3, 0.4) is 0 Å². The Hall–Kier alpha value is -3.06. The highest BCUT2D eigenvalue weighted by molar-refractivity contribution is 6.30. The van der Waals surface area contributed by atoms with Gasteiger partial charge < -0.3 is 20.1 Å². The molecule has 0 heterocycles. The number of rotatable bonds is 9. The minimum Gasteiger partial charge on any atom is -0.482 e. The molecule has 0 saturated carbocycles. The average molecular weight is 419 g/mol. The van der Waals surface area contributed by atoms with Crippen molar-refractivity contribution in [3.8, 4) is 5.75 Å². The van der Waals surface area contributed by atoms with E-state index in [2.05, 4.69) is 10.6 Å². The van der Waals surface area contributed by atoms with Crippen molar-refractivity contribution < 1.29 is 23.9 Å². The Balaban J connectivity index is 1.83. The molecule has 0 radical (unpaired) electrons. The number of hydrogen-bond donors (Lipinski definition) is 2. The minimum absolute atomic E-state index is 0.290. The zero-order valence-electron chi connectivity index (χ0n) is 16.2. The maximum absolute atomic E-state index is 12.3. The van der Waals surface area contributed by atoms with Crippen molar-refractivity contribution in [3.63, 3.8) is 0 Å². The zero-order chi connectivity index (χ0) is 21.2. The molecule has 7 nitrogen and oxygen atoms in total. The second-order valence-electron chi connectivity index (χ2n) is 6.60. The Bertz CT molecular complexity index is 870. The van der Waals surface area contributed by atoms with Gasteiger partial charge >= 0.3 is 5.97 Å². The molecule has 0 aliphatic carbocycles. The van der Waals surface area contributed by atoms with Gasteiger partial charge in [0.15, 0.2) is 13.2 Å². The molecule has 2 amide bonds. The summed E-state index contributed by atoms with van der Waals surface area (Å²) in [6.45, 7) is 3.63. The first kappa shape index (κ1) is 22.2. The number of hydrogen-bond acceptors (Lipinski definition) is 5. The van der Waals surface area contributed by atoms with Gasteiger partial charge in [-0.1, -0.05) is 43.6 Å². The summed E-state index contributed by atoms with van der Waals surface area (Å²) in [5.74, 6) is -0.843. The first-order valence-corrected chi connectivity index (χ1v) is 9.44. The van der Waals surface area contributed by atoms with E-state index >= 15 is 0 Å². The van der Waals surface area contributed by atoms with Crippen molar-refractivity contribution >= 4 is 35.1 Å². The van der Waals surface area contributed by atoms with Crippen LogP contribution in [0.2, 0.25) is 5.02 Å². The van der Waals surface area contributed by atoms with Crippen molar-refractivity contribution in [1.82, 2.24) is 5.32 Å². The van der Waals surface area contributed by atoms with Crippen molar-refractivity contribution in [1.29, 1.82) is 0 Å². The predicted octanol–water partition coefficient (Wildman–Crippen LogP) is 3.29. The molecule has 2 rings (SSSR count). The van der Waals surface area contributed by atoms with Crippen molar-refractivity contribution in [2.45, 2.75) is 13.8 Å². The summed E-state index contributed by atoms with van der Waals surface area (Å²) in [6.07, 6.45) is 0. The van der Waals surface area contributed by atoms with E-state index in [0.29, 0.717) is 34.5 Å². The summed E-state index contributed by atoms with van der Waals surface area (Å²) in [5.41, 5.74) is 0.669. The molecule has 0 aliphatic heterocycles. The molecule has 2 aromatic rings. The molecule has 0 atom stereocenters. The van der Waals surface area contributed by atoms with Gasteiger partial charge in [-0.2, -0.15) is 0 Å². The molecule has 0 spiro atoms. The first-order valence-electron chi connectivity index (χ1n) is 9.06. The van der Waals surface area contributed by atoms with Gasteiger partial charge in [-0.25, -0.2) is 4.79 Å². The van der Waals surface area contributed by atoms with Crippen LogP contribution < -0.4 is 15.4 Å². The highest BCUT2D eigenvalue weighted by Gasteiger charge is 2.14. The fraction of sp³-hybridized carbons (Fsp3) is 0.286. The lowest BCUT2D eigenvalue weighted by Gasteiger charge is -2.12. The van der Waals surface area contributed by atoms with E-state index < -0.39 is 18.5 Å². The van der Waals surface area contributed by atoms with Crippen LogP contribution in [0.1, 0.15) is 24.2 Å². The normalized spacial score (nSPS) is 10.3. The van der Waals surface area contributed by atoms with Crippen molar-refractivity contribution in [2.24, 2.45) is 5.92 Å². The smallest absolute Gasteiger partial charge is 0.344 e. The quantitative estimate of drug-likeness (QED) is 0.609. The van der Waals surface area contributed by atoms with Crippen LogP contribution in [-0.4, -0.2) is 37.5 Å². The van der Waals surface area contributed by atoms with Crippen LogP contribution in [0.25, 0.3) is 0 Å². The number of amides is 2. The second kappa shape index (κ2) is 11.1. The van der Waals surface area contributed by atoms with Gasteiger partial charge in [0, 0.05) is 11.6 Å². The summed E-state index contributed by atoms with van der Waals surface area (Å²) in [4.78, 5) is 36.1. The van der Waals surface area contributed by atoms with Gasteiger partial charge in [-0.15, -0.1) is 0 Å². The lowest BCUT2D eigenvalue weighted by atomic mass is 10.1. The maximum atomic E-state index is 12.3. The third-order valence-corrected chi connectivity index (χ3v) is 3.87. The highest BCUT2D eigenvalue weighted by Crippen LogP contribution is 2.17. The standard InChI is InChI=1S/C21H23ClN2O5/c1-14(2)11-23-21(27)17-8-3-4-9-18(17)24-19(25)12-29-20(26)13-28-16-7-5-6-15(22)10-16/h3-10,14H,11-13H2,1-2H3,(H,23,27)(H,24,25). The van der Waals surface area contributed by atoms with Crippen LogP contribution in [0.5, 0.6) is 5.75 Å². The van der Waals surface area contributed by atoms with E-state index in [1.807, 2.05) is 13.8 Å². The number of benzene rings is 2. The number of nitrogens with one attached hydrogen (secondary N) is 2. The number of para-hydroxylation sites is 1. The summed E-state index contributed by atoms with van der Waals surface area (Å²) >= 11 is 5.83. The van der Waals surface area contributed by atoms with Crippen molar-refractivity contribution in [2.75, 3.05) is 25.1 Å². The van der Waals surface area contributed by atoms with E-state index in [9.17, 15) is 14.4 Å². The third kappa shape index (κ3) is 7.83. The van der Waals surface area contributed by atoms with Gasteiger partial charge in [0.05, 0.1) is 11.3 Å². The van der Waals surface area contributed by atoms with Crippen molar-refractivity contribution in [3.05, 3.63) is 59.1 Å². The van der Waals surface area contributed by atoms with Crippen LogP contribution in [-0.2, 0) is 14.3 Å². The molecule has 29 heavy (non-hydrogen) atoms. The number of anilines is 1. The fourth-order valence-electron chi connectivity index (χ4n) is 2.26. The Kier molecular flexibility index (Phi) is 8.48. The van der Waals surface area contributed by atoms with Gasteiger partial charge in [-0.05, 0) is 36.2 Å². The maximum Gasteiger partial charge on any atom is 0.344 e. The molecule has 0 bridgehead atoms. The van der Waals surface area contributed by atoms with Crippen LogP contribution in [0.4, 0.5) is 5.69 Å². The first-order chi connectivity index (χ1) is 13.8. The number of ether oxygens (including phenoxy) is 2. The molecule has 2 aromatic carbocycles. The minimum atomic E-state index is -0.705. The molecule has 2 N–H and O–H groups in total. The van der Waals surface area contributed by atoms with Gasteiger partial charge in [-0.3, -0.25) is 9.59 Å². The van der Waals surface area contributed by atoms with Crippen LogP contribution in [0.15, 0.2) is 48.5 Å². The van der Waals surface area contributed by atoms with Gasteiger partial charge in [0.25, 0.3) is 11.8 Å². The summed E-state index contributed by atoms with van der Waals surface area (Å²) in [6, 6.07) is 13.2. The molecule has 0 saturated heterocycles. The van der Waals surface area contributed by atoms with Crippen LogP contribution in [0, 0.1) is 5.92 Å². The SMILES string of the molecule is CC(C)CNC(=O)c1ccccc1NC(=O)COC(=O)COc1cccc(Cl)c1. The largest absolute Gasteiger partial charge is 0.482 e. The lowest BCUT2D eigenvalue weighted by molar-refractivity contribution is -0.149. The van der Waals surface area contributed by atoms with E-state index in [1.165, 1.54) is 0 Å².